The zero-order chi connectivity index (χ0) is 13.4. The van der Waals surface area contributed by atoms with Crippen molar-refractivity contribution in [3.05, 3.63) is 70.4 Å². The minimum absolute atomic E-state index is 0.120. The fourth-order valence-corrected chi connectivity index (χ4v) is 2.17. The number of nitro groups is 1. The number of aromatic nitrogens is 1. The molecule has 0 radical (unpaired) electrons. The Balaban J connectivity index is 2.15. The van der Waals surface area contributed by atoms with Crippen LogP contribution in [0.3, 0.4) is 0 Å². The summed E-state index contributed by atoms with van der Waals surface area (Å²) in [6.45, 7) is 2.04. The first-order valence-electron chi connectivity index (χ1n) is 5.98. The van der Waals surface area contributed by atoms with Gasteiger partial charge in [-0.2, -0.15) is 0 Å². The van der Waals surface area contributed by atoms with Gasteiger partial charge in [0.1, 0.15) is 0 Å². The maximum Gasteiger partial charge on any atom is 0.270 e. The maximum atomic E-state index is 10.8. The van der Waals surface area contributed by atoms with Gasteiger partial charge in [-0.05, 0) is 31.2 Å². The third-order valence-electron chi connectivity index (χ3n) is 3.20. The minimum atomic E-state index is -0.372. The van der Waals surface area contributed by atoms with Gasteiger partial charge in [-0.15, -0.1) is 0 Å². The molecule has 19 heavy (non-hydrogen) atoms. The molecule has 3 aromatic rings. The minimum Gasteiger partial charge on any atom is -0.317 e. The topological polar surface area (TPSA) is 48.1 Å². The number of aryl methyl sites for hydroxylation is 1. The molecule has 0 aliphatic carbocycles. The molecular weight excluding hydrogens is 240 g/mol. The Morgan fingerprint density at radius 1 is 1.05 bits per heavy atom. The molecule has 1 aromatic heterocycles. The largest absolute Gasteiger partial charge is 0.317 e. The average Bonchev–Trinajstić information content (AvgIpc) is 2.82. The van der Waals surface area contributed by atoms with E-state index in [2.05, 4.69) is 0 Å². The lowest BCUT2D eigenvalue weighted by molar-refractivity contribution is -0.384. The van der Waals surface area contributed by atoms with E-state index in [1.54, 1.807) is 12.1 Å². The quantitative estimate of drug-likeness (QED) is 0.513. The average molecular weight is 252 g/mol. The first-order chi connectivity index (χ1) is 9.15. The molecule has 0 fully saturated rings. The summed E-state index contributed by atoms with van der Waals surface area (Å²) < 4.78 is 2.03. The van der Waals surface area contributed by atoms with Gasteiger partial charge in [0.2, 0.25) is 0 Å². The highest BCUT2D eigenvalue weighted by atomic mass is 16.6. The summed E-state index contributed by atoms with van der Waals surface area (Å²) in [4.78, 5) is 10.4. The molecule has 0 amide bonds. The third-order valence-corrected chi connectivity index (χ3v) is 3.20. The fraction of sp³-hybridized carbons (Fsp3) is 0.0667. The van der Waals surface area contributed by atoms with Gasteiger partial charge in [-0.1, -0.05) is 17.7 Å². The van der Waals surface area contributed by atoms with E-state index >= 15 is 0 Å². The lowest BCUT2D eigenvalue weighted by atomic mass is 10.2. The first kappa shape index (κ1) is 11.5. The highest BCUT2D eigenvalue weighted by Crippen LogP contribution is 2.24. The number of benzene rings is 2. The third kappa shape index (κ3) is 1.97. The van der Waals surface area contributed by atoms with Crippen LogP contribution in [0.2, 0.25) is 0 Å². The van der Waals surface area contributed by atoms with Crippen molar-refractivity contribution in [1.82, 2.24) is 4.57 Å². The lowest BCUT2D eigenvalue weighted by Gasteiger charge is -2.05. The SMILES string of the molecule is Cc1ccc(-n2ccc3cc([N+](=O)[O-])ccc32)cc1. The van der Waals surface area contributed by atoms with Gasteiger partial charge in [0.15, 0.2) is 0 Å². The van der Waals surface area contributed by atoms with Crippen molar-refractivity contribution in [1.29, 1.82) is 0 Å². The van der Waals surface area contributed by atoms with E-state index in [-0.39, 0.29) is 10.6 Å². The molecule has 0 aliphatic heterocycles. The van der Waals surface area contributed by atoms with Crippen LogP contribution in [-0.4, -0.2) is 9.49 Å². The monoisotopic (exact) mass is 252 g/mol. The molecule has 3 rings (SSSR count). The second kappa shape index (κ2) is 4.24. The van der Waals surface area contributed by atoms with Crippen molar-refractivity contribution >= 4 is 16.6 Å². The fourth-order valence-electron chi connectivity index (χ4n) is 2.17. The summed E-state index contributed by atoms with van der Waals surface area (Å²) in [7, 11) is 0. The molecule has 4 nitrogen and oxygen atoms in total. The number of non-ortho nitro benzene ring substituents is 1. The van der Waals surface area contributed by atoms with Crippen LogP contribution in [0.15, 0.2) is 54.7 Å². The van der Waals surface area contributed by atoms with Gasteiger partial charge < -0.3 is 4.57 Å². The number of hydrogen-bond acceptors (Lipinski definition) is 2. The molecule has 4 heteroatoms. The van der Waals surface area contributed by atoms with Crippen LogP contribution >= 0.6 is 0 Å². The molecule has 0 unspecified atom stereocenters. The normalized spacial score (nSPS) is 10.8. The standard InChI is InChI=1S/C15H12N2O2/c1-11-2-4-13(5-3-11)16-9-8-12-10-14(17(18)19)6-7-15(12)16/h2-10H,1H3. The number of nitrogens with zero attached hydrogens (tertiary/aromatic N) is 2. The number of hydrogen-bond donors (Lipinski definition) is 0. The Bertz CT molecular complexity index is 757. The number of fused-ring (bicyclic) bond motifs is 1. The van der Waals surface area contributed by atoms with Gasteiger partial charge in [0.05, 0.1) is 10.4 Å². The van der Waals surface area contributed by atoms with E-state index in [4.69, 9.17) is 0 Å². The molecule has 0 bridgehead atoms. The lowest BCUT2D eigenvalue weighted by Crippen LogP contribution is -1.92. The summed E-state index contributed by atoms with van der Waals surface area (Å²) in [6, 6.07) is 15.0. The Hall–Kier alpha value is -2.62. The molecule has 94 valence electrons. The summed E-state index contributed by atoms with van der Waals surface area (Å²) in [6.07, 6.45) is 1.93. The van der Waals surface area contributed by atoms with Gasteiger partial charge in [0, 0.05) is 29.4 Å². The molecule has 0 aliphatic rings. The van der Waals surface area contributed by atoms with Crippen LogP contribution < -0.4 is 0 Å². The van der Waals surface area contributed by atoms with E-state index in [1.165, 1.54) is 11.6 Å². The summed E-state index contributed by atoms with van der Waals surface area (Å²) in [5, 5.41) is 11.6. The van der Waals surface area contributed by atoms with Crippen LogP contribution in [0.1, 0.15) is 5.56 Å². The van der Waals surface area contributed by atoms with Gasteiger partial charge >= 0.3 is 0 Å². The Labute approximate surface area is 110 Å². The van der Waals surface area contributed by atoms with E-state index in [0.717, 1.165) is 16.6 Å². The highest BCUT2D eigenvalue weighted by Gasteiger charge is 2.09. The first-order valence-corrected chi connectivity index (χ1v) is 5.98. The van der Waals surface area contributed by atoms with Gasteiger partial charge in [0.25, 0.3) is 5.69 Å². The predicted octanol–water partition coefficient (Wildman–Crippen LogP) is 3.85. The Morgan fingerprint density at radius 3 is 2.47 bits per heavy atom. The summed E-state index contributed by atoms with van der Waals surface area (Å²) >= 11 is 0. The molecule has 1 heterocycles. The van der Waals surface area contributed by atoms with E-state index in [0.29, 0.717) is 0 Å². The molecule has 0 N–H and O–H groups in total. The van der Waals surface area contributed by atoms with Crippen LogP contribution in [-0.2, 0) is 0 Å². The van der Waals surface area contributed by atoms with Crippen LogP contribution in [0.5, 0.6) is 0 Å². The Kier molecular flexibility index (Phi) is 2.56. The summed E-state index contributed by atoms with van der Waals surface area (Å²) in [5.41, 5.74) is 3.34. The van der Waals surface area contributed by atoms with Crippen molar-refractivity contribution in [2.24, 2.45) is 0 Å². The van der Waals surface area contributed by atoms with E-state index in [1.807, 2.05) is 48.0 Å². The molecule has 0 atom stereocenters. The highest BCUT2D eigenvalue weighted by molar-refractivity contribution is 5.84. The second-order valence-corrected chi connectivity index (χ2v) is 4.52. The van der Waals surface area contributed by atoms with Crippen molar-refractivity contribution in [2.75, 3.05) is 0 Å². The molecule has 0 saturated heterocycles. The van der Waals surface area contributed by atoms with Gasteiger partial charge in [-0.3, -0.25) is 10.1 Å². The van der Waals surface area contributed by atoms with Crippen LogP contribution in [0.25, 0.3) is 16.6 Å². The number of nitro benzene ring substituents is 1. The second-order valence-electron chi connectivity index (χ2n) is 4.52. The van der Waals surface area contributed by atoms with Gasteiger partial charge in [-0.25, -0.2) is 0 Å². The smallest absolute Gasteiger partial charge is 0.270 e. The van der Waals surface area contributed by atoms with Crippen LogP contribution in [0, 0.1) is 17.0 Å². The van der Waals surface area contributed by atoms with Crippen LogP contribution in [0.4, 0.5) is 5.69 Å². The predicted molar refractivity (Wildman–Crippen MR) is 74.7 cm³/mol. The van der Waals surface area contributed by atoms with E-state index in [9.17, 15) is 10.1 Å². The molecular formula is C15H12N2O2. The molecule has 0 spiro atoms. The zero-order valence-corrected chi connectivity index (χ0v) is 10.4. The van der Waals surface area contributed by atoms with Crippen molar-refractivity contribution < 1.29 is 4.92 Å². The Morgan fingerprint density at radius 2 is 1.79 bits per heavy atom. The van der Waals surface area contributed by atoms with Crippen molar-refractivity contribution in [3.8, 4) is 5.69 Å². The number of rotatable bonds is 2. The molecule has 2 aromatic carbocycles. The maximum absolute atomic E-state index is 10.8. The van der Waals surface area contributed by atoms with Crippen molar-refractivity contribution in [2.45, 2.75) is 6.92 Å². The zero-order valence-electron chi connectivity index (χ0n) is 10.4. The van der Waals surface area contributed by atoms with Crippen molar-refractivity contribution in [3.63, 3.8) is 0 Å². The van der Waals surface area contributed by atoms with E-state index < -0.39 is 0 Å². The molecule has 0 saturated carbocycles. The summed E-state index contributed by atoms with van der Waals surface area (Å²) in [5.74, 6) is 0.